The van der Waals surface area contributed by atoms with E-state index in [1.807, 2.05) is 27.7 Å². The fourth-order valence-corrected chi connectivity index (χ4v) is 7.00. The van der Waals surface area contributed by atoms with Gasteiger partial charge in [-0.05, 0) is 76.6 Å². The van der Waals surface area contributed by atoms with Crippen molar-refractivity contribution in [2.45, 2.75) is 168 Å². The fourth-order valence-electron chi connectivity index (χ4n) is 7.00. The van der Waals surface area contributed by atoms with Crippen molar-refractivity contribution >= 4 is 22.9 Å². The monoisotopic (exact) mass is 666 g/mol. The Morgan fingerprint density at radius 2 is 0.917 bits per heavy atom. The van der Waals surface area contributed by atoms with Crippen molar-refractivity contribution in [3.8, 4) is 11.5 Å². The van der Waals surface area contributed by atoms with Crippen LogP contribution in [-0.2, 0) is 0 Å². The molecule has 8 nitrogen and oxygen atoms in total. The summed E-state index contributed by atoms with van der Waals surface area (Å²) in [5.74, 6) is -1.85. The summed E-state index contributed by atoms with van der Waals surface area (Å²) < 4.78 is 0. The van der Waals surface area contributed by atoms with Crippen LogP contribution in [0.5, 0.6) is 11.5 Å². The molecular weight excluding hydrogens is 604 g/mol. The van der Waals surface area contributed by atoms with Gasteiger partial charge in [0.25, 0.3) is 0 Å². The Kier molecular flexibility index (Phi) is 14.8. The SMILES string of the molecule is CCCCCCCC(O)CC(C)(CC)Nc1ccc(NC(C)(CC)CC(O)CCCCCCC)c2c1C(=O)c1c(O)ccc(O)c1C2=O. The molecule has 1 aliphatic rings. The zero-order valence-corrected chi connectivity index (χ0v) is 30.4. The third-order valence-electron chi connectivity index (χ3n) is 10.4. The average molecular weight is 667 g/mol. The van der Waals surface area contributed by atoms with E-state index in [9.17, 15) is 30.0 Å². The molecule has 0 heterocycles. The number of fused-ring (bicyclic) bond motifs is 2. The van der Waals surface area contributed by atoms with Crippen molar-refractivity contribution in [1.29, 1.82) is 0 Å². The second-order valence-electron chi connectivity index (χ2n) is 14.6. The number of ketones is 2. The normalized spacial score (nSPS) is 16.4. The van der Waals surface area contributed by atoms with Crippen molar-refractivity contribution < 1.29 is 30.0 Å². The second-order valence-corrected chi connectivity index (χ2v) is 14.6. The molecule has 4 unspecified atom stereocenters. The van der Waals surface area contributed by atoms with Crippen molar-refractivity contribution in [1.82, 2.24) is 0 Å². The molecule has 0 fully saturated rings. The average Bonchev–Trinajstić information content (AvgIpc) is 3.04. The lowest BCUT2D eigenvalue weighted by molar-refractivity contribution is 0.0974. The maximum absolute atomic E-state index is 14.2. The highest BCUT2D eigenvalue weighted by atomic mass is 16.3. The zero-order valence-electron chi connectivity index (χ0n) is 30.4. The van der Waals surface area contributed by atoms with Crippen LogP contribution in [0.4, 0.5) is 11.4 Å². The minimum atomic E-state index is -0.588. The number of nitrogens with one attached hydrogen (secondary N) is 2. The van der Waals surface area contributed by atoms with Crippen LogP contribution in [0.25, 0.3) is 0 Å². The lowest BCUT2D eigenvalue weighted by atomic mass is 9.79. The zero-order chi connectivity index (χ0) is 35.5. The van der Waals surface area contributed by atoms with Crippen LogP contribution in [0.3, 0.4) is 0 Å². The van der Waals surface area contributed by atoms with Gasteiger partial charge in [-0.1, -0.05) is 91.9 Å². The molecule has 268 valence electrons. The molecule has 6 N–H and O–H groups in total. The van der Waals surface area contributed by atoms with Crippen LogP contribution < -0.4 is 10.6 Å². The first-order chi connectivity index (χ1) is 22.8. The first-order valence-corrected chi connectivity index (χ1v) is 18.6. The second kappa shape index (κ2) is 18.1. The molecule has 48 heavy (non-hydrogen) atoms. The van der Waals surface area contributed by atoms with Gasteiger partial charge in [0.05, 0.1) is 34.5 Å². The van der Waals surface area contributed by atoms with Gasteiger partial charge in [0, 0.05) is 22.5 Å². The summed E-state index contributed by atoms with van der Waals surface area (Å²) in [7, 11) is 0. The van der Waals surface area contributed by atoms with Gasteiger partial charge in [0.15, 0.2) is 0 Å². The molecule has 0 aliphatic heterocycles. The molecule has 2 aromatic carbocycles. The molecule has 0 amide bonds. The topological polar surface area (TPSA) is 139 Å². The molecule has 0 aromatic heterocycles. The van der Waals surface area contributed by atoms with Crippen LogP contribution >= 0.6 is 0 Å². The number of aliphatic hydroxyl groups is 2. The summed E-state index contributed by atoms with van der Waals surface area (Å²) in [6.45, 7) is 12.4. The van der Waals surface area contributed by atoms with E-state index < -0.39 is 34.9 Å². The number of phenolic OH excluding ortho intramolecular Hbond substituents is 2. The van der Waals surface area contributed by atoms with E-state index in [0.29, 0.717) is 49.9 Å². The summed E-state index contributed by atoms with van der Waals surface area (Å²) in [5.41, 5.74) is -0.474. The number of hydrogen-bond donors (Lipinski definition) is 6. The number of rotatable bonds is 22. The number of aromatic hydroxyl groups is 2. The van der Waals surface area contributed by atoms with E-state index in [4.69, 9.17) is 0 Å². The molecule has 2 aromatic rings. The number of anilines is 2. The number of carbonyl (C=O) groups is 2. The summed E-state index contributed by atoms with van der Waals surface area (Å²) in [5, 5.41) is 50.5. The minimum Gasteiger partial charge on any atom is -0.507 e. The number of unbranched alkanes of at least 4 members (excludes halogenated alkanes) is 8. The van der Waals surface area contributed by atoms with Gasteiger partial charge in [0.2, 0.25) is 11.6 Å². The maximum Gasteiger partial charge on any atom is 0.200 e. The van der Waals surface area contributed by atoms with Gasteiger partial charge in [-0.3, -0.25) is 9.59 Å². The quantitative estimate of drug-likeness (QED) is 0.0461. The molecule has 3 rings (SSSR count). The number of carbonyl (C=O) groups excluding carboxylic acids is 2. The Morgan fingerprint density at radius 3 is 1.25 bits per heavy atom. The predicted molar refractivity (Wildman–Crippen MR) is 196 cm³/mol. The van der Waals surface area contributed by atoms with Crippen LogP contribution in [0.15, 0.2) is 24.3 Å². The largest absolute Gasteiger partial charge is 0.507 e. The number of aliphatic hydroxyl groups excluding tert-OH is 2. The smallest absolute Gasteiger partial charge is 0.200 e. The van der Waals surface area contributed by atoms with E-state index in [-0.39, 0.29) is 33.8 Å². The van der Waals surface area contributed by atoms with Crippen LogP contribution in [0, 0.1) is 0 Å². The summed E-state index contributed by atoms with van der Waals surface area (Å²) in [6.07, 6.45) is 13.7. The number of phenols is 2. The molecule has 0 spiro atoms. The Morgan fingerprint density at radius 1 is 0.562 bits per heavy atom. The van der Waals surface area contributed by atoms with Crippen molar-refractivity contribution in [2.24, 2.45) is 0 Å². The summed E-state index contributed by atoms with van der Waals surface area (Å²) in [4.78, 5) is 28.5. The van der Waals surface area contributed by atoms with Gasteiger partial charge in [-0.25, -0.2) is 0 Å². The molecular formula is C40H62N2O6. The van der Waals surface area contributed by atoms with E-state index in [0.717, 1.165) is 38.5 Å². The van der Waals surface area contributed by atoms with Crippen molar-refractivity contribution in [2.75, 3.05) is 10.6 Å². The molecule has 1 aliphatic carbocycles. The summed E-state index contributed by atoms with van der Waals surface area (Å²) >= 11 is 0. The van der Waals surface area contributed by atoms with Gasteiger partial charge >= 0.3 is 0 Å². The predicted octanol–water partition coefficient (Wildman–Crippen LogP) is 9.26. The van der Waals surface area contributed by atoms with Gasteiger partial charge in [-0.15, -0.1) is 0 Å². The van der Waals surface area contributed by atoms with E-state index in [1.54, 1.807) is 12.1 Å². The van der Waals surface area contributed by atoms with E-state index in [1.165, 1.54) is 37.8 Å². The Balaban J connectivity index is 1.97. The molecule has 0 saturated heterocycles. The number of benzene rings is 2. The summed E-state index contributed by atoms with van der Waals surface area (Å²) in [6, 6.07) is 6.01. The molecule has 0 radical (unpaired) electrons. The van der Waals surface area contributed by atoms with Crippen molar-refractivity contribution in [3.63, 3.8) is 0 Å². The Labute approximate surface area is 288 Å². The molecule has 0 saturated carbocycles. The highest BCUT2D eigenvalue weighted by Crippen LogP contribution is 2.44. The lowest BCUT2D eigenvalue weighted by Gasteiger charge is -2.37. The molecule has 0 bridgehead atoms. The van der Waals surface area contributed by atoms with Gasteiger partial charge in [-0.2, -0.15) is 0 Å². The lowest BCUT2D eigenvalue weighted by Crippen LogP contribution is -2.40. The van der Waals surface area contributed by atoms with E-state index >= 15 is 0 Å². The third-order valence-corrected chi connectivity index (χ3v) is 10.4. The van der Waals surface area contributed by atoms with Gasteiger partial charge < -0.3 is 31.1 Å². The standard InChI is InChI=1S/C40H62N2O6/c1-7-11-13-15-17-19-27(43)25-39(5,9-3)41-29-21-22-30(42-40(6,10-4)26-28(44)20-18-16-14-12-8-2)34-33(29)37(47)35-31(45)23-24-32(46)36(35)38(34)48/h21-24,27-28,41-46H,7-20,25-26H2,1-6H3. The Bertz CT molecular complexity index is 1270. The highest BCUT2D eigenvalue weighted by Gasteiger charge is 2.40. The fraction of sp³-hybridized carbons (Fsp3) is 0.650. The van der Waals surface area contributed by atoms with Crippen LogP contribution in [-0.4, -0.2) is 55.3 Å². The maximum atomic E-state index is 14.2. The van der Waals surface area contributed by atoms with Crippen LogP contribution in [0.1, 0.15) is 176 Å². The molecule has 4 atom stereocenters. The van der Waals surface area contributed by atoms with Gasteiger partial charge in [0.1, 0.15) is 11.5 Å². The Hall–Kier alpha value is -3.10. The third kappa shape index (κ3) is 9.97. The van der Waals surface area contributed by atoms with Crippen molar-refractivity contribution in [3.05, 3.63) is 46.5 Å². The molecule has 8 heteroatoms. The van der Waals surface area contributed by atoms with E-state index in [2.05, 4.69) is 24.5 Å². The first-order valence-electron chi connectivity index (χ1n) is 18.6. The van der Waals surface area contributed by atoms with Crippen LogP contribution in [0.2, 0.25) is 0 Å². The first kappa shape index (κ1) is 39.3. The highest BCUT2D eigenvalue weighted by molar-refractivity contribution is 6.33. The number of hydrogen-bond acceptors (Lipinski definition) is 8. The minimum absolute atomic E-state index is 0.127.